The lowest BCUT2D eigenvalue weighted by Gasteiger charge is -2.23. The summed E-state index contributed by atoms with van der Waals surface area (Å²) >= 11 is 1.65. The summed E-state index contributed by atoms with van der Waals surface area (Å²) in [6.07, 6.45) is 0. The number of benzene rings is 1. The molecular formula is C18H27IN4OS. The van der Waals surface area contributed by atoms with E-state index in [1.165, 1.54) is 4.88 Å². The number of aryl methyl sites for hydroxylation is 1. The zero-order chi connectivity index (χ0) is 17.6. The molecule has 0 aliphatic carbocycles. The van der Waals surface area contributed by atoms with Gasteiger partial charge in [-0.05, 0) is 33.8 Å². The molecule has 25 heavy (non-hydrogen) atoms. The molecule has 138 valence electrons. The van der Waals surface area contributed by atoms with Crippen LogP contribution in [0.2, 0.25) is 0 Å². The average Bonchev–Trinajstić information content (AvgIpc) is 2.93. The summed E-state index contributed by atoms with van der Waals surface area (Å²) in [4.78, 5) is 9.75. The molecule has 0 radical (unpaired) electrons. The molecule has 0 aliphatic rings. The Labute approximate surface area is 171 Å². The molecular weight excluding hydrogens is 447 g/mol. The van der Waals surface area contributed by atoms with Crippen molar-refractivity contribution in [3.63, 3.8) is 0 Å². The van der Waals surface area contributed by atoms with E-state index in [1.807, 2.05) is 30.6 Å². The van der Waals surface area contributed by atoms with Crippen molar-refractivity contribution in [1.82, 2.24) is 15.6 Å². The monoisotopic (exact) mass is 474 g/mol. The molecule has 7 heteroatoms. The highest BCUT2D eigenvalue weighted by Crippen LogP contribution is 2.22. The molecule has 0 atom stereocenters. The summed E-state index contributed by atoms with van der Waals surface area (Å²) in [5.41, 5.74) is 3.80. The van der Waals surface area contributed by atoms with E-state index in [9.17, 15) is 0 Å². The van der Waals surface area contributed by atoms with E-state index in [1.54, 1.807) is 18.4 Å². The molecule has 0 saturated heterocycles. The Kier molecular flexibility index (Phi) is 8.64. The minimum absolute atomic E-state index is 0. The van der Waals surface area contributed by atoms with Crippen molar-refractivity contribution in [1.29, 1.82) is 0 Å². The van der Waals surface area contributed by atoms with Crippen LogP contribution in [0.5, 0.6) is 5.75 Å². The second-order valence-electron chi connectivity index (χ2n) is 6.46. The highest BCUT2D eigenvalue weighted by Gasteiger charge is 2.14. The maximum Gasteiger partial charge on any atom is 0.191 e. The summed E-state index contributed by atoms with van der Waals surface area (Å²) in [7, 11) is 1.77. The van der Waals surface area contributed by atoms with Gasteiger partial charge in [-0.2, -0.15) is 0 Å². The van der Waals surface area contributed by atoms with Gasteiger partial charge in [0.05, 0.1) is 17.7 Å². The number of aromatic nitrogens is 1. The zero-order valence-corrected chi connectivity index (χ0v) is 18.6. The predicted molar refractivity (Wildman–Crippen MR) is 116 cm³/mol. The lowest BCUT2D eigenvalue weighted by molar-refractivity contribution is 0.129. The van der Waals surface area contributed by atoms with E-state index in [0.29, 0.717) is 6.54 Å². The van der Waals surface area contributed by atoms with Crippen molar-refractivity contribution in [2.75, 3.05) is 7.05 Å². The number of aliphatic imine (C=N–C) groups is 1. The van der Waals surface area contributed by atoms with Crippen LogP contribution in [0.3, 0.4) is 0 Å². The first-order chi connectivity index (χ1) is 11.4. The largest absolute Gasteiger partial charge is 0.488 e. The molecule has 5 nitrogen and oxygen atoms in total. The smallest absolute Gasteiger partial charge is 0.191 e. The number of thiazole rings is 1. The van der Waals surface area contributed by atoms with Crippen molar-refractivity contribution in [2.24, 2.45) is 4.99 Å². The standard InChI is InChI=1S/C18H26N4OS.HI/c1-13-16(24-12-22-13)11-21-17(19-5)20-10-14-8-6-7-9-15(14)23-18(2,3)4;/h6-9,12H,10-11H2,1-5H3,(H2,19,20,21);1H. The van der Waals surface area contributed by atoms with Gasteiger partial charge in [-0.3, -0.25) is 4.99 Å². The zero-order valence-electron chi connectivity index (χ0n) is 15.4. The van der Waals surface area contributed by atoms with Gasteiger partial charge in [-0.1, -0.05) is 18.2 Å². The molecule has 1 heterocycles. The van der Waals surface area contributed by atoms with Crippen molar-refractivity contribution in [3.05, 3.63) is 45.9 Å². The lowest BCUT2D eigenvalue weighted by Crippen LogP contribution is -2.36. The molecule has 0 amide bonds. The van der Waals surface area contributed by atoms with Crippen LogP contribution in [0.15, 0.2) is 34.8 Å². The Morgan fingerprint density at radius 2 is 1.88 bits per heavy atom. The number of hydrogen-bond acceptors (Lipinski definition) is 4. The molecule has 2 aromatic rings. The molecule has 0 bridgehead atoms. The van der Waals surface area contributed by atoms with Crippen LogP contribution in [0.1, 0.15) is 36.9 Å². The fourth-order valence-corrected chi connectivity index (χ4v) is 2.86. The van der Waals surface area contributed by atoms with Gasteiger partial charge in [-0.15, -0.1) is 35.3 Å². The second-order valence-corrected chi connectivity index (χ2v) is 7.40. The number of ether oxygens (including phenoxy) is 1. The van der Waals surface area contributed by atoms with Crippen LogP contribution in [0.4, 0.5) is 0 Å². The molecule has 1 aromatic heterocycles. The number of halogens is 1. The predicted octanol–water partition coefficient (Wildman–Crippen LogP) is 4.11. The van der Waals surface area contributed by atoms with E-state index in [2.05, 4.69) is 47.4 Å². The topological polar surface area (TPSA) is 58.5 Å². The first-order valence-electron chi connectivity index (χ1n) is 7.99. The molecule has 0 aliphatic heterocycles. The molecule has 2 N–H and O–H groups in total. The van der Waals surface area contributed by atoms with Gasteiger partial charge in [0.15, 0.2) is 5.96 Å². The van der Waals surface area contributed by atoms with Crippen molar-refractivity contribution in [3.8, 4) is 5.75 Å². The van der Waals surface area contributed by atoms with E-state index in [0.717, 1.165) is 29.5 Å². The Morgan fingerprint density at radius 3 is 2.48 bits per heavy atom. The van der Waals surface area contributed by atoms with E-state index in [4.69, 9.17) is 4.74 Å². The third kappa shape index (κ3) is 7.19. The molecule has 0 fully saturated rings. The quantitative estimate of drug-likeness (QED) is 0.389. The highest BCUT2D eigenvalue weighted by molar-refractivity contribution is 14.0. The van der Waals surface area contributed by atoms with Gasteiger partial charge < -0.3 is 15.4 Å². The van der Waals surface area contributed by atoms with E-state index < -0.39 is 0 Å². The molecule has 0 spiro atoms. The van der Waals surface area contributed by atoms with Gasteiger partial charge >= 0.3 is 0 Å². The van der Waals surface area contributed by atoms with Gasteiger partial charge in [0, 0.05) is 24.0 Å². The van der Waals surface area contributed by atoms with Gasteiger partial charge in [-0.25, -0.2) is 4.98 Å². The van der Waals surface area contributed by atoms with Crippen molar-refractivity contribution >= 4 is 41.3 Å². The molecule has 1 aromatic carbocycles. The number of nitrogens with one attached hydrogen (secondary N) is 2. The summed E-state index contributed by atoms with van der Waals surface area (Å²) in [6.45, 7) is 9.53. The first kappa shape index (κ1) is 21.7. The fourth-order valence-electron chi connectivity index (χ4n) is 2.14. The maximum absolute atomic E-state index is 6.03. The minimum atomic E-state index is -0.222. The summed E-state index contributed by atoms with van der Waals surface area (Å²) in [5.74, 6) is 1.65. The van der Waals surface area contributed by atoms with Crippen LogP contribution in [0.25, 0.3) is 0 Å². The number of guanidine groups is 1. The Bertz CT molecular complexity index is 694. The van der Waals surface area contributed by atoms with Crippen LogP contribution in [-0.2, 0) is 13.1 Å². The second kappa shape index (κ2) is 9.96. The third-order valence-electron chi connectivity index (χ3n) is 3.32. The first-order valence-corrected chi connectivity index (χ1v) is 8.87. The summed E-state index contributed by atoms with van der Waals surface area (Å²) in [5, 5.41) is 6.66. The van der Waals surface area contributed by atoms with Crippen molar-refractivity contribution in [2.45, 2.75) is 46.4 Å². The van der Waals surface area contributed by atoms with Gasteiger partial charge in [0.1, 0.15) is 11.4 Å². The average molecular weight is 474 g/mol. The molecule has 2 rings (SSSR count). The van der Waals surface area contributed by atoms with Crippen molar-refractivity contribution < 1.29 is 4.74 Å². The van der Waals surface area contributed by atoms with Crippen LogP contribution < -0.4 is 15.4 Å². The van der Waals surface area contributed by atoms with Gasteiger partial charge in [0.25, 0.3) is 0 Å². The van der Waals surface area contributed by atoms with Crippen LogP contribution >= 0.6 is 35.3 Å². The number of para-hydroxylation sites is 1. The highest BCUT2D eigenvalue weighted by atomic mass is 127. The SMILES string of the molecule is CN=C(NCc1ccccc1OC(C)(C)C)NCc1scnc1C.I. The fraction of sp³-hybridized carbons (Fsp3) is 0.444. The van der Waals surface area contributed by atoms with Crippen LogP contribution in [-0.4, -0.2) is 23.6 Å². The number of nitrogens with zero attached hydrogens (tertiary/aromatic N) is 2. The van der Waals surface area contributed by atoms with Crippen LogP contribution in [0, 0.1) is 6.92 Å². The Morgan fingerprint density at radius 1 is 1.20 bits per heavy atom. The molecule has 0 unspecified atom stereocenters. The Balaban J connectivity index is 0.00000312. The third-order valence-corrected chi connectivity index (χ3v) is 4.25. The van der Waals surface area contributed by atoms with E-state index in [-0.39, 0.29) is 29.6 Å². The number of rotatable bonds is 5. The normalized spacial score (nSPS) is 11.6. The Hall–Kier alpha value is -1.35. The van der Waals surface area contributed by atoms with Gasteiger partial charge in [0.2, 0.25) is 0 Å². The number of hydrogen-bond donors (Lipinski definition) is 2. The lowest BCUT2D eigenvalue weighted by atomic mass is 10.1. The molecule has 0 saturated carbocycles. The maximum atomic E-state index is 6.03. The summed E-state index contributed by atoms with van der Waals surface area (Å²) in [6, 6.07) is 8.07. The minimum Gasteiger partial charge on any atom is -0.488 e. The summed E-state index contributed by atoms with van der Waals surface area (Å²) < 4.78 is 6.03. The van der Waals surface area contributed by atoms with E-state index >= 15 is 0 Å².